The summed E-state index contributed by atoms with van der Waals surface area (Å²) in [4.78, 5) is 12.2. The highest BCUT2D eigenvalue weighted by atomic mass is 19.1. The van der Waals surface area contributed by atoms with Crippen molar-refractivity contribution < 1.29 is 13.6 Å². The predicted molar refractivity (Wildman–Crippen MR) is 81.1 cm³/mol. The van der Waals surface area contributed by atoms with Crippen LogP contribution >= 0.6 is 0 Å². The molecule has 2 aromatic carbocycles. The van der Waals surface area contributed by atoms with E-state index in [1.807, 2.05) is 6.07 Å². The number of hydrogen-bond donors (Lipinski definition) is 1. The Morgan fingerprint density at radius 1 is 1.13 bits per heavy atom. The van der Waals surface area contributed by atoms with Crippen LogP contribution in [0.1, 0.15) is 15.9 Å². The second-order valence-electron chi connectivity index (χ2n) is 4.92. The van der Waals surface area contributed by atoms with Crippen molar-refractivity contribution in [3.63, 3.8) is 0 Å². The van der Waals surface area contributed by atoms with Crippen molar-refractivity contribution >= 4 is 5.91 Å². The van der Waals surface area contributed by atoms with Crippen molar-refractivity contribution in [3.8, 4) is 5.69 Å². The molecule has 0 atom stereocenters. The van der Waals surface area contributed by atoms with Gasteiger partial charge in [0.15, 0.2) is 0 Å². The zero-order valence-corrected chi connectivity index (χ0v) is 12.0. The fraction of sp³-hybridized carbons (Fsp3) is 0.0588. The van der Waals surface area contributed by atoms with Gasteiger partial charge in [0.05, 0.1) is 5.69 Å². The first kappa shape index (κ1) is 14.9. The Balaban J connectivity index is 1.72. The van der Waals surface area contributed by atoms with Crippen LogP contribution in [0.15, 0.2) is 60.9 Å². The Kier molecular flexibility index (Phi) is 4.14. The minimum Gasteiger partial charge on any atom is -0.348 e. The lowest BCUT2D eigenvalue weighted by Crippen LogP contribution is -2.23. The molecule has 1 N–H and O–H groups in total. The van der Waals surface area contributed by atoms with Crippen molar-refractivity contribution in [1.29, 1.82) is 0 Å². The van der Waals surface area contributed by atoms with E-state index in [0.29, 0.717) is 5.56 Å². The summed E-state index contributed by atoms with van der Waals surface area (Å²) in [5.74, 6) is -1.68. The highest BCUT2D eigenvalue weighted by Gasteiger charge is 2.09. The van der Waals surface area contributed by atoms with Crippen molar-refractivity contribution in [2.45, 2.75) is 6.54 Å². The Morgan fingerprint density at radius 3 is 2.74 bits per heavy atom. The maximum Gasteiger partial charge on any atom is 0.251 e. The van der Waals surface area contributed by atoms with E-state index in [2.05, 4.69) is 10.4 Å². The molecule has 0 saturated heterocycles. The lowest BCUT2D eigenvalue weighted by Gasteiger charge is -2.08. The maximum atomic E-state index is 13.6. The number of carbonyl (C=O) groups excluding carboxylic acids is 1. The summed E-state index contributed by atoms with van der Waals surface area (Å²) < 4.78 is 28.0. The summed E-state index contributed by atoms with van der Waals surface area (Å²) in [6, 6.07) is 11.9. The van der Waals surface area contributed by atoms with Crippen LogP contribution in [0.4, 0.5) is 8.78 Å². The molecule has 3 aromatic rings. The third-order valence-corrected chi connectivity index (χ3v) is 3.33. The van der Waals surface area contributed by atoms with Gasteiger partial charge in [-0.1, -0.05) is 12.1 Å². The normalized spacial score (nSPS) is 10.5. The van der Waals surface area contributed by atoms with Gasteiger partial charge in [-0.25, -0.2) is 13.5 Å². The van der Waals surface area contributed by atoms with Gasteiger partial charge < -0.3 is 5.32 Å². The monoisotopic (exact) mass is 313 g/mol. The zero-order chi connectivity index (χ0) is 16.2. The molecule has 4 nitrogen and oxygen atoms in total. The largest absolute Gasteiger partial charge is 0.348 e. The third-order valence-electron chi connectivity index (χ3n) is 3.33. The number of hydrogen-bond acceptors (Lipinski definition) is 2. The summed E-state index contributed by atoms with van der Waals surface area (Å²) in [6.45, 7) is -0.0169. The maximum absolute atomic E-state index is 13.6. The molecule has 0 aliphatic rings. The number of nitrogens with zero attached hydrogens (tertiary/aromatic N) is 2. The predicted octanol–water partition coefficient (Wildman–Crippen LogP) is 3.08. The molecule has 0 unspecified atom stereocenters. The fourth-order valence-corrected chi connectivity index (χ4v) is 2.15. The van der Waals surface area contributed by atoms with E-state index in [0.717, 1.165) is 17.8 Å². The SMILES string of the molecule is O=C(NCc1ccc(F)cc1F)c1cccc(-n2cccn2)c1. The summed E-state index contributed by atoms with van der Waals surface area (Å²) in [5.41, 5.74) is 1.40. The van der Waals surface area contributed by atoms with Crippen LogP contribution < -0.4 is 5.32 Å². The van der Waals surface area contributed by atoms with Crippen LogP contribution in [0.25, 0.3) is 5.69 Å². The molecule has 23 heavy (non-hydrogen) atoms. The van der Waals surface area contributed by atoms with Crippen LogP contribution in [-0.4, -0.2) is 15.7 Å². The Hall–Kier alpha value is -3.02. The second kappa shape index (κ2) is 6.39. The quantitative estimate of drug-likeness (QED) is 0.804. The van der Waals surface area contributed by atoms with Gasteiger partial charge in [0.25, 0.3) is 5.91 Å². The smallest absolute Gasteiger partial charge is 0.251 e. The van der Waals surface area contributed by atoms with Crippen molar-refractivity contribution in [2.24, 2.45) is 0 Å². The molecule has 0 saturated carbocycles. The number of amides is 1. The third kappa shape index (κ3) is 3.42. The fourth-order valence-electron chi connectivity index (χ4n) is 2.15. The van der Waals surface area contributed by atoms with Crippen molar-refractivity contribution in [3.05, 3.63) is 83.7 Å². The highest BCUT2D eigenvalue weighted by molar-refractivity contribution is 5.94. The minimum absolute atomic E-state index is 0.0169. The van der Waals surface area contributed by atoms with Gasteiger partial charge in [-0.05, 0) is 30.3 Å². The molecule has 116 valence electrons. The van der Waals surface area contributed by atoms with Crippen molar-refractivity contribution in [1.82, 2.24) is 15.1 Å². The molecule has 0 spiro atoms. The molecular formula is C17H13F2N3O. The summed E-state index contributed by atoms with van der Waals surface area (Å²) in [6.07, 6.45) is 3.41. The van der Waals surface area contributed by atoms with Crippen molar-refractivity contribution in [2.75, 3.05) is 0 Å². The molecule has 0 radical (unpaired) electrons. The molecular weight excluding hydrogens is 300 g/mol. The van der Waals surface area contributed by atoms with Gasteiger partial charge in [-0.3, -0.25) is 4.79 Å². The molecule has 0 aliphatic heterocycles. The van der Waals surface area contributed by atoms with Gasteiger partial charge in [-0.2, -0.15) is 5.10 Å². The molecule has 0 bridgehead atoms. The van der Waals surface area contributed by atoms with E-state index in [1.54, 1.807) is 41.3 Å². The standard InChI is InChI=1S/C17H13F2N3O/c18-14-6-5-13(16(19)10-14)11-20-17(23)12-3-1-4-15(9-12)22-8-2-7-21-22/h1-10H,11H2,(H,20,23). The van der Waals surface area contributed by atoms with E-state index in [-0.39, 0.29) is 18.0 Å². The van der Waals surface area contributed by atoms with E-state index >= 15 is 0 Å². The first-order valence-corrected chi connectivity index (χ1v) is 6.96. The molecule has 1 aromatic heterocycles. The second-order valence-corrected chi connectivity index (χ2v) is 4.92. The number of halogens is 2. The molecule has 3 rings (SSSR count). The molecule has 6 heteroatoms. The molecule has 1 heterocycles. The Bertz CT molecular complexity index is 832. The average Bonchev–Trinajstić information content (AvgIpc) is 3.08. The average molecular weight is 313 g/mol. The first-order valence-electron chi connectivity index (χ1n) is 6.96. The van der Waals surface area contributed by atoms with Gasteiger partial charge in [0.1, 0.15) is 11.6 Å². The van der Waals surface area contributed by atoms with Crippen LogP contribution in [0.2, 0.25) is 0 Å². The molecule has 0 aliphatic carbocycles. The first-order chi connectivity index (χ1) is 11.1. The van der Waals surface area contributed by atoms with Crippen LogP contribution in [0.5, 0.6) is 0 Å². The lowest BCUT2D eigenvalue weighted by molar-refractivity contribution is 0.0950. The van der Waals surface area contributed by atoms with Gasteiger partial charge >= 0.3 is 0 Å². The number of carbonyl (C=O) groups is 1. The highest BCUT2D eigenvalue weighted by Crippen LogP contribution is 2.11. The van der Waals surface area contributed by atoms with E-state index < -0.39 is 11.6 Å². The Labute approximate surface area is 131 Å². The number of rotatable bonds is 4. The summed E-state index contributed by atoms with van der Waals surface area (Å²) in [7, 11) is 0. The molecule has 1 amide bonds. The summed E-state index contributed by atoms with van der Waals surface area (Å²) >= 11 is 0. The summed E-state index contributed by atoms with van der Waals surface area (Å²) in [5, 5.41) is 6.72. The zero-order valence-electron chi connectivity index (χ0n) is 12.0. The number of benzene rings is 2. The van der Waals surface area contributed by atoms with Crippen LogP contribution in [-0.2, 0) is 6.54 Å². The number of nitrogens with one attached hydrogen (secondary N) is 1. The Morgan fingerprint density at radius 2 is 2.00 bits per heavy atom. The minimum atomic E-state index is -0.685. The van der Waals surface area contributed by atoms with E-state index in [9.17, 15) is 13.6 Å². The van der Waals surface area contributed by atoms with Gasteiger partial charge in [-0.15, -0.1) is 0 Å². The van der Waals surface area contributed by atoms with Crippen LogP contribution in [0, 0.1) is 11.6 Å². The molecule has 0 fully saturated rings. The lowest BCUT2D eigenvalue weighted by atomic mass is 10.1. The topological polar surface area (TPSA) is 46.9 Å². The van der Waals surface area contributed by atoms with Gasteiger partial charge in [0, 0.05) is 36.1 Å². The number of aromatic nitrogens is 2. The van der Waals surface area contributed by atoms with Crippen LogP contribution in [0.3, 0.4) is 0 Å². The van der Waals surface area contributed by atoms with E-state index in [1.165, 1.54) is 6.07 Å². The van der Waals surface area contributed by atoms with Gasteiger partial charge in [0.2, 0.25) is 0 Å². The van der Waals surface area contributed by atoms with E-state index in [4.69, 9.17) is 0 Å².